The number of rotatable bonds is 16. The average Bonchev–Trinajstić information content (AvgIpc) is 2.75. The van der Waals surface area contributed by atoms with E-state index in [1.165, 1.54) is 11.1 Å². The number of ether oxygens (including phenoxy) is 2. The summed E-state index contributed by atoms with van der Waals surface area (Å²) in [6, 6.07) is 20.2. The number of hydrogen-bond acceptors (Lipinski definition) is 6. The van der Waals surface area contributed by atoms with E-state index in [1.54, 1.807) is 0 Å². The van der Waals surface area contributed by atoms with Gasteiger partial charge in [-0.2, -0.15) is 0 Å². The van der Waals surface area contributed by atoms with Crippen molar-refractivity contribution in [2.24, 2.45) is 5.41 Å². The number of nitrogens with one attached hydrogen (secondary N) is 2. The van der Waals surface area contributed by atoms with Crippen LogP contribution in [0.3, 0.4) is 0 Å². The molecule has 6 nitrogen and oxygen atoms in total. The van der Waals surface area contributed by atoms with E-state index >= 15 is 0 Å². The van der Waals surface area contributed by atoms with E-state index in [0.717, 1.165) is 13.1 Å². The van der Waals surface area contributed by atoms with Gasteiger partial charge in [-0.1, -0.05) is 74.5 Å². The van der Waals surface area contributed by atoms with Gasteiger partial charge in [0.25, 0.3) is 0 Å². The van der Waals surface area contributed by atoms with Gasteiger partial charge in [0.15, 0.2) is 0 Å². The summed E-state index contributed by atoms with van der Waals surface area (Å²) in [5.74, 6) is 0. The van der Waals surface area contributed by atoms with Crippen molar-refractivity contribution < 1.29 is 19.7 Å². The zero-order valence-corrected chi connectivity index (χ0v) is 18.8. The van der Waals surface area contributed by atoms with E-state index in [2.05, 4.69) is 34.9 Å². The highest BCUT2D eigenvalue weighted by Gasteiger charge is 2.20. The van der Waals surface area contributed by atoms with Gasteiger partial charge in [0.05, 0.1) is 38.6 Å². The summed E-state index contributed by atoms with van der Waals surface area (Å²) < 4.78 is 11.4. The molecular weight excluding hydrogens is 392 g/mol. The zero-order valence-electron chi connectivity index (χ0n) is 18.8. The van der Waals surface area contributed by atoms with E-state index in [9.17, 15) is 10.2 Å². The van der Waals surface area contributed by atoms with Crippen LogP contribution in [0.15, 0.2) is 60.7 Å². The Kier molecular flexibility index (Phi) is 11.7. The molecule has 0 aromatic heterocycles. The smallest absolute Gasteiger partial charge is 0.0897 e. The molecule has 6 heteroatoms. The number of aliphatic hydroxyl groups excluding tert-OH is 2. The van der Waals surface area contributed by atoms with Gasteiger partial charge in [0.2, 0.25) is 0 Å². The first-order valence-electron chi connectivity index (χ1n) is 11.0. The molecule has 2 rings (SSSR count). The quantitative estimate of drug-likeness (QED) is 0.327. The normalized spacial score (nSPS) is 13.8. The second-order valence-corrected chi connectivity index (χ2v) is 8.74. The van der Waals surface area contributed by atoms with Crippen LogP contribution in [0.4, 0.5) is 0 Å². The summed E-state index contributed by atoms with van der Waals surface area (Å²) >= 11 is 0. The summed E-state index contributed by atoms with van der Waals surface area (Å²) in [5.41, 5.74) is 2.17. The van der Waals surface area contributed by atoms with Crippen molar-refractivity contribution in [2.75, 3.05) is 39.5 Å². The van der Waals surface area contributed by atoms with Crippen LogP contribution in [-0.2, 0) is 22.6 Å². The van der Waals surface area contributed by atoms with Crippen molar-refractivity contribution in [3.8, 4) is 0 Å². The second-order valence-electron chi connectivity index (χ2n) is 8.74. The van der Waals surface area contributed by atoms with E-state index in [-0.39, 0.29) is 18.6 Å². The van der Waals surface area contributed by atoms with Crippen LogP contribution >= 0.6 is 0 Å². The lowest BCUT2D eigenvalue weighted by Crippen LogP contribution is -2.34. The Hall–Kier alpha value is -1.80. The van der Waals surface area contributed by atoms with Crippen molar-refractivity contribution in [1.82, 2.24) is 10.6 Å². The highest BCUT2D eigenvalue weighted by Crippen LogP contribution is 2.16. The maximum Gasteiger partial charge on any atom is 0.0897 e. The average molecular weight is 431 g/mol. The molecule has 0 spiro atoms. The summed E-state index contributed by atoms with van der Waals surface area (Å²) in [6.07, 6.45) is -1.11. The summed E-state index contributed by atoms with van der Waals surface area (Å²) in [5, 5.41) is 26.6. The lowest BCUT2D eigenvalue weighted by Gasteiger charge is -2.25. The molecule has 2 aromatic rings. The van der Waals surface area contributed by atoms with Gasteiger partial charge >= 0.3 is 0 Å². The minimum Gasteiger partial charge on any atom is -0.389 e. The molecule has 0 unspecified atom stereocenters. The van der Waals surface area contributed by atoms with E-state index in [0.29, 0.717) is 26.3 Å². The molecule has 0 amide bonds. The molecule has 4 N–H and O–H groups in total. The molecule has 0 aliphatic carbocycles. The summed E-state index contributed by atoms with van der Waals surface area (Å²) in [4.78, 5) is 0. The Morgan fingerprint density at radius 1 is 0.710 bits per heavy atom. The first kappa shape index (κ1) is 25.5. The van der Waals surface area contributed by atoms with E-state index in [4.69, 9.17) is 9.47 Å². The molecule has 2 atom stereocenters. The number of benzene rings is 2. The van der Waals surface area contributed by atoms with Crippen LogP contribution in [0.1, 0.15) is 25.0 Å². The molecule has 0 heterocycles. The molecule has 0 saturated carbocycles. The SMILES string of the molecule is CC(C)(COC[C@@H](O)CNCc1ccccc1)COC[C@@H](O)CNCc1ccccc1. The third kappa shape index (κ3) is 12.0. The van der Waals surface area contributed by atoms with Crippen LogP contribution in [0.25, 0.3) is 0 Å². The standard InChI is InChI=1S/C25H38N2O4/c1-25(2,19-30-17-23(28)15-26-13-21-9-5-3-6-10-21)20-31-18-24(29)16-27-14-22-11-7-4-8-12-22/h3-12,23-24,26-29H,13-20H2,1-2H3/t23-,24-/m0/s1. The van der Waals surface area contributed by atoms with E-state index < -0.39 is 12.2 Å². The topological polar surface area (TPSA) is 83.0 Å². The molecule has 172 valence electrons. The largest absolute Gasteiger partial charge is 0.389 e. The Morgan fingerprint density at radius 2 is 1.10 bits per heavy atom. The Labute approximate surface area is 186 Å². The van der Waals surface area contributed by atoms with Crippen molar-refractivity contribution in [3.05, 3.63) is 71.8 Å². The fraction of sp³-hybridized carbons (Fsp3) is 0.520. The highest BCUT2D eigenvalue weighted by atomic mass is 16.5. The Balaban J connectivity index is 1.49. The molecule has 0 bridgehead atoms. The first-order valence-corrected chi connectivity index (χ1v) is 11.0. The van der Waals surface area contributed by atoms with Gasteiger partial charge in [-0.25, -0.2) is 0 Å². The molecule has 0 fully saturated rings. The summed E-state index contributed by atoms with van der Waals surface area (Å²) in [7, 11) is 0. The fourth-order valence-electron chi connectivity index (χ4n) is 3.06. The highest BCUT2D eigenvalue weighted by molar-refractivity contribution is 5.14. The predicted octanol–water partition coefficient (Wildman–Crippen LogP) is 2.35. The molecule has 31 heavy (non-hydrogen) atoms. The Morgan fingerprint density at radius 3 is 1.48 bits per heavy atom. The van der Waals surface area contributed by atoms with Gasteiger partial charge in [0.1, 0.15) is 0 Å². The van der Waals surface area contributed by atoms with Gasteiger partial charge < -0.3 is 30.3 Å². The van der Waals surface area contributed by atoms with Crippen molar-refractivity contribution in [3.63, 3.8) is 0 Å². The maximum absolute atomic E-state index is 10.1. The van der Waals surface area contributed by atoms with Crippen molar-refractivity contribution >= 4 is 0 Å². The third-order valence-corrected chi connectivity index (χ3v) is 4.71. The molecule has 0 aliphatic heterocycles. The third-order valence-electron chi connectivity index (χ3n) is 4.71. The monoisotopic (exact) mass is 430 g/mol. The minimum absolute atomic E-state index is 0.200. The minimum atomic E-state index is -0.557. The van der Waals surface area contributed by atoms with Crippen LogP contribution < -0.4 is 10.6 Å². The molecule has 0 saturated heterocycles. The van der Waals surface area contributed by atoms with E-state index in [1.807, 2.05) is 50.2 Å². The second kappa shape index (κ2) is 14.3. The lowest BCUT2D eigenvalue weighted by molar-refractivity contribution is -0.0448. The lowest BCUT2D eigenvalue weighted by atomic mass is 9.96. The first-order chi connectivity index (χ1) is 14.9. The summed E-state index contributed by atoms with van der Waals surface area (Å²) in [6.45, 7) is 8.01. The van der Waals surface area contributed by atoms with Gasteiger partial charge in [-0.15, -0.1) is 0 Å². The van der Waals surface area contributed by atoms with Crippen LogP contribution in [0.2, 0.25) is 0 Å². The van der Waals surface area contributed by atoms with Gasteiger partial charge in [0, 0.05) is 31.6 Å². The fourth-order valence-corrected chi connectivity index (χ4v) is 3.06. The number of hydrogen-bond donors (Lipinski definition) is 4. The van der Waals surface area contributed by atoms with Crippen molar-refractivity contribution in [1.29, 1.82) is 0 Å². The molecule has 2 aromatic carbocycles. The van der Waals surface area contributed by atoms with Crippen LogP contribution in [0.5, 0.6) is 0 Å². The number of aliphatic hydroxyl groups is 2. The van der Waals surface area contributed by atoms with Crippen molar-refractivity contribution in [2.45, 2.75) is 39.1 Å². The Bertz CT molecular complexity index is 638. The molecular formula is C25H38N2O4. The van der Waals surface area contributed by atoms with Gasteiger partial charge in [-0.3, -0.25) is 0 Å². The van der Waals surface area contributed by atoms with Crippen LogP contribution in [-0.4, -0.2) is 61.9 Å². The zero-order chi connectivity index (χ0) is 22.4. The van der Waals surface area contributed by atoms with Gasteiger partial charge in [-0.05, 0) is 11.1 Å². The predicted molar refractivity (Wildman–Crippen MR) is 124 cm³/mol. The molecule has 0 aliphatic rings. The maximum atomic E-state index is 10.1. The molecule has 0 radical (unpaired) electrons. The van der Waals surface area contributed by atoms with Crippen LogP contribution in [0, 0.1) is 5.41 Å².